The van der Waals surface area contributed by atoms with Gasteiger partial charge >= 0.3 is 0 Å². The van der Waals surface area contributed by atoms with Crippen molar-refractivity contribution < 1.29 is 13.9 Å². The van der Waals surface area contributed by atoms with Crippen LogP contribution in [0.4, 0.5) is 10.1 Å². The van der Waals surface area contributed by atoms with Crippen molar-refractivity contribution in [3.63, 3.8) is 0 Å². The molecule has 6 nitrogen and oxygen atoms in total. The van der Waals surface area contributed by atoms with Crippen LogP contribution in [0.3, 0.4) is 0 Å². The number of amides is 1. The van der Waals surface area contributed by atoms with Crippen LogP contribution in [0.25, 0.3) is 5.69 Å². The fourth-order valence-electron chi connectivity index (χ4n) is 3.28. The lowest BCUT2D eigenvalue weighted by molar-refractivity contribution is -0.120. The van der Waals surface area contributed by atoms with Crippen molar-refractivity contribution in [1.29, 1.82) is 0 Å². The smallest absolute Gasteiger partial charge is 0.255 e. The Labute approximate surface area is 150 Å². The topological polar surface area (TPSA) is 86.3 Å². The van der Waals surface area contributed by atoms with E-state index in [4.69, 9.17) is 10.5 Å². The van der Waals surface area contributed by atoms with Gasteiger partial charge in [0.1, 0.15) is 5.82 Å². The zero-order chi connectivity index (χ0) is 18.7. The van der Waals surface area contributed by atoms with Crippen molar-refractivity contribution in [1.82, 2.24) is 4.57 Å². The van der Waals surface area contributed by atoms with Gasteiger partial charge in [0.15, 0.2) is 0 Å². The quantitative estimate of drug-likeness (QED) is 0.856. The Bertz CT molecular complexity index is 852. The minimum absolute atomic E-state index is 0.0798. The Hall–Kier alpha value is -2.51. The van der Waals surface area contributed by atoms with Gasteiger partial charge < -0.3 is 15.8 Å². The predicted octanol–water partition coefficient (Wildman–Crippen LogP) is 2.06. The zero-order valence-corrected chi connectivity index (χ0v) is 14.5. The van der Waals surface area contributed by atoms with E-state index in [9.17, 15) is 14.0 Å². The molecule has 3 N–H and O–H groups in total. The Kier molecular flexibility index (Phi) is 5.49. The molecular weight excluding hydrogens is 337 g/mol. The number of carbonyl (C=O) groups excluding carboxylic acids is 1. The molecule has 2 aromatic rings. The first kappa shape index (κ1) is 18.3. The molecule has 0 unspecified atom stereocenters. The molecule has 0 bridgehead atoms. The van der Waals surface area contributed by atoms with E-state index in [0.29, 0.717) is 25.1 Å². The Balaban J connectivity index is 1.72. The molecule has 0 radical (unpaired) electrons. The first-order valence-corrected chi connectivity index (χ1v) is 8.65. The van der Waals surface area contributed by atoms with E-state index in [1.807, 2.05) is 6.92 Å². The van der Waals surface area contributed by atoms with Crippen LogP contribution in [0.15, 0.2) is 47.4 Å². The molecule has 26 heavy (non-hydrogen) atoms. The van der Waals surface area contributed by atoms with E-state index in [1.54, 1.807) is 24.4 Å². The summed E-state index contributed by atoms with van der Waals surface area (Å²) in [4.78, 5) is 24.3. The number of hydrogen-bond donors (Lipinski definition) is 2. The first-order valence-electron chi connectivity index (χ1n) is 8.65. The lowest BCUT2D eigenvalue weighted by atomic mass is 10.1. The number of pyridine rings is 1. The molecule has 3 rings (SSSR count). The van der Waals surface area contributed by atoms with Crippen molar-refractivity contribution in [3.8, 4) is 5.69 Å². The van der Waals surface area contributed by atoms with E-state index in [1.165, 1.54) is 22.8 Å². The summed E-state index contributed by atoms with van der Waals surface area (Å²) in [5.74, 6) is -1.18. The third-order valence-corrected chi connectivity index (χ3v) is 4.61. The second-order valence-electron chi connectivity index (χ2n) is 6.39. The lowest BCUT2D eigenvalue weighted by Crippen LogP contribution is -2.31. The van der Waals surface area contributed by atoms with Crippen molar-refractivity contribution in [2.75, 3.05) is 11.9 Å². The number of aromatic nitrogens is 1. The van der Waals surface area contributed by atoms with Crippen molar-refractivity contribution in [2.24, 2.45) is 11.7 Å². The second-order valence-corrected chi connectivity index (χ2v) is 6.39. The van der Waals surface area contributed by atoms with Gasteiger partial charge in [-0.3, -0.25) is 14.2 Å². The largest absolute Gasteiger partial charge is 0.377 e. The molecule has 1 aromatic carbocycles. The fourth-order valence-corrected chi connectivity index (χ4v) is 3.28. The molecule has 7 heteroatoms. The summed E-state index contributed by atoms with van der Waals surface area (Å²) < 4.78 is 21.3. The van der Waals surface area contributed by atoms with Crippen molar-refractivity contribution in [3.05, 3.63) is 58.8 Å². The Morgan fingerprint density at radius 3 is 2.85 bits per heavy atom. The standard InChI is InChI=1S/C19H22FN3O3/c1-2-26-17-10-12(9-15(17)21)19(25)22-16-7-6-13(11-14(16)20)23-8-4-3-5-18(23)24/h3-8,11-12,15,17H,2,9-10,21H2,1H3,(H,22,25)/t12-,15+,17+/m1/s1. The summed E-state index contributed by atoms with van der Waals surface area (Å²) >= 11 is 0. The zero-order valence-electron chi connectivity index (χ0n) is 14.5. The minimum Gasteiger partial charge on any atom is -0.377 e. The highest BCUT2D eigenvalue weighted by Gasteiger charge is 2.36. The summed E-state index contributed by atoms with van der Waals surface area (Å²) in [6.45, 7) is 2.43. The maximum absolute atomic E-state index is 14.4. The molecule has 1 saturated carbocycles. The number of anilines is 1. The number of nitrogens with one attached hydrogen (secondary N) is 1. The van der Waals surface area contributed by atoms with E-state index in [2.05, 4.69) is 5.32 Å². The number of hydrogen-bond acceptors (Lipinski definition) is 4. The van der Waals surface area contributed by atoms with Crippen LogP contribution in [-0.2, 0) is 9.53 Å². The summed E-state index contributed by atoms with van der Waals surface area (Å²) in [6.07, 6.45) is 2.45. The maximum Gasteiger partial charge on any atom is 0.255 e. The number of ether oxygens (including phenoxy) is 1. The number of rotatable bonds is 5. The van der Waals surface area contributed by atoms with Crippen LogP contribution in [-0.4, -0.2) is 29.2 Å². The molecule has 138 valence electrons. The molecular formula is C19H22FN3O3. The average Bonchev–Trinajstić information content (AvgIpc) is 2.98. The average molecular weight is 359 g/mol. The fraction of sp³-hybridized carbons (Fsp3) is 0.368. The van der Waals surface area contributed by atoms with Gasteiger partial charge in [-0.1, -0.05) is 6.07 Å². The molecule has 0 aliphatic heterocycles. The van der Waals surface area contributed by atoms with E-state index >= 15 is 0 Å². The highest BCUT2D eigenvalue weighted by Crippen LogP contribution is 2.29. The molecule has 1 fully saturated rings. The predicted molar refractivity (Wildman–Crippen MR) is 96.7 cm³/mol. The number of nitrogens with two attached hydrogens (primary N) is 1. The van der Waals surface area contributed by atoms with E-state index in [0.717, 1.165) is 0 Å². The van der Waals surface area contributed by atoms with E-state index < -0.39 is 5.82 Å². The van der Waals surface area contributed by atoms with Gasteiger partial charge in [-0.25, -0.2) is 4.39 Å². The number of nitrogens with zero attached hydrogens (tertiary/aromatic N) is 1. The van der Waals surface area contributed by atoms with Gasteiger partial charge in [-0.15, -0.1) is 0 Å². The molecule has 1 aliphatic rings. The number of carbonyl (C=O) groups is 1. The summed E-state index contributed by atoms with van der Waals surface area (Å²) in [7, 11) is 0. The van der Waals surface area contributed by atoms with Crippen LogP contribution >= 0.6 is 0 Å². The molecule has 1 amide bonds. The van der Waals surface area contributed by atoms with Gasteiger partial charge in [0.25, 0.3) is 5.56 Å². The van der Waals surface area contributed by atoms with Crippen LogP contribution in [0.5, 0.6) is 0 Å². The molecule has 1 heterocycles. The van der Waals surface area contributed by atoms with Crippen LogP contribution in [0.2, 0.25) is 0 Å². The Morgan fingerprint density at radius 2 is 2.15 bits per heavy atom. The monoisotopic (exact) mass is 359 g/mol. The SMILES string of the molecule is CCO[C@H]1C[C@H](C(=O)Nc2ccc(-n3ccccc3=O)cc2F)C[C@@H]1N. The molecule has 0 spiro atoms. The van der Waals surface area contributed by atoms with Crippen molar-refractivity contribution >= 4 is 11.6 Å². The molecule has 3 atom stereocenters. The first-order chi connectivity index (χ1) is 12.5. The van der Waals surface area contributed by atoms with Gasteiger partial charge in [0.05, 0.1) is 17.5 Å². The lowest BCUT2D eigenvalue weighted by Gasteiger charge is -2.14. The van der Waals surface area contributed by atoms with Crippen LogP contribution in [0, 0.1) is 11.7 Å². The molecule has 0 saturated heterocycles. The van der Waals surface area contributed by atoms with E-state index in [-0.39, 0.29) is 35.2 Å². The van der Waals surface area contributed by atoms with Crippen LogP contribution in [0.1, 0.15) is 19.8 Å². The molecule has 1 aliphatic carbocycles. The summed E-state index contributed by atoms with van der Waals surface area (Å²) in [6, 6.07) is 8.77. The van der Waals surface area contributed by atoms with Gasteiger partial charge in [-0.2, -0.15) is 0 Å². The van der Waals surface area contributed by atoms with Crippen LogP contribution < -0.4 is 16.6 Å². The van der Waals surface area contributed by atoms with Crippen molar-refractivity contribution in [2.45, 2.75) is 31.9 Å². The van der Waals surface area contributed by atoms with Gasteiger partial charge in [0, 0.05) is 36.9 Å². The number of benzene rings is 1. The minimum atomic E-state index is -0.602. The molecule has 1 aromatic heterocycles. The third-order valence-electron chi connectivity index (χ3n) is 4.61. The summed E-state index contributed by atoms with van der Waals surface area (Å²) in [5, 5.41) is 2.62. The Morgan fingerprint density at radius 1 is 1.35 bits per heavy atom. The van der Waals surface area contributed by atoms with Gasteiger partial charge in [0.2, 0.25) is 5.91 Å². The normalized spacial score (nSPS) is 22.3. The highest BCUT2D eigenvalue weighted by molar-refractivity contribution is 5.93. The number of halogens is 1. The maximum atomic E-state index is 14.4. The summed E-state index contributed by atoms with van der Waals surface area (Å²) in [5.41, 5.74) is 6.22. The highest BCUT2D eigenvalue weighted by atomic mass is 19.1. The third kappa shape index (κ3) is 3.84. The van der Waals surface area contributed by atoms with Gasteiger partial charge in [-0.05, 0) is 38.0 Å². The second kappa shape index (κ2) is 7.80.